The number of carbonyl (C=O) groups excluding carboxylic acids is 1. The van der Waals surface area contributed by atoms with E-state index in [1.807, 2.05) is 18.2 Å². The summed E-state index contributed by atoms with van der Waals surface area (Å²) in [4.78, 5) is 12.1. The van der Waals surface area contributed by atoms with Crippen molar-refractivity contribution in [2.24, 2.45) is 11.7 Å². The molecule has 3 N–H and O–H groups in total. The molecule has 0 bridgehead atoms. The molecule has 0 unspecified atom stereocenters. The molecular weight excluding hydrogens is 240 g/mol. The highest BCUT2D eigenvalue weighted by molar-refractivity contribution is 5.94. The zero-order valence-electron chi connectivity index (χ0n) is 11.8. The zero-order chi connectivity index (χ0) is 14.0. The second kappa shape index (κ2) is 5.61. The summed E-state index contributed by atoms with van der Waals surface area (Å²) < 4.78 is 5.29. The van der Waals surface area contributed by atoms with Crippen molar-refractivity contribution in [3.63, 3.8) is 0 Å². The van der Waals surface area contributed by atoms with E-state index in [4.69, 9.17) is 10.5 Å². The Bertz CT molecular complexity index is 465. The van der Waals surface area contributed by atoms with Crippen LogP contribution in [0.25, 0.3) is 0 Å². The average Bonchev–Trinajstić information content (AvgIpc) is 2.34. The van der Waals surface area contributed by atoms with E-state index in [1.54, 1.807) is 7.11 Å². The number of carbonyl (C=O) groups is 1. The highest BCUT2D eigenvalue weighted by Gasteiger charge is 2.32. The van der Waals surface area contributed by atoms with Gasteiger partial charge < -0.3 is 15.8 Å². The van der Waals surface area contributed by atoms with Crippen LogP contribution < -0.4 is 15.8 Å². The number of anilines is 1. The Morgan fingerprint density at radius 1 is 1.42 bits per heavy atom. The van der Waals surface area contributed by atoms with Crippen molar-refractivity contribution in [2.75, 3.05) is 12.4 Å². The highest BCUT2D eigenvalue weighted by Crippen LogP contribution is 2.31. The molecule has 0 saturated heterocycles. The van der Waals surface area contributed by atoms with Crippen LogP contribution in [0.4, 0.5) is 5.69 Å². The van der Waals surface area contributed by atoms with Crippen molar-refractivity contribution >= 4 is 11.6 Å². The molecule has 1 aromatic carbocycles. The lowest BCUT2D eigenvalue weighted by Crippen LogP contribution is -2.42. The zero-order valence-corrected chi connectivity index (χ0v) is 11.8. The monoisotopic (exact) mass is 262 g/mol. The maximum Gasteiger partial charge on any atom is 0.227 e. The van der Waals surface area contributed by atoms with Crippen LogP contribution in [0.15, 0.2) is 18.2 Å². The predicted molar refractivity (Wildman–Crippen MR) is 76.4 cm³/mol. The number of methoxy groups -OCH3 is 1. The number of amides is 1. The van der Waals surface area contributed by atoms with Crippen molar-refractivity contribution in [1.29, 1.82) is 0 Å². The second-order valence-corrected chi connectivity index (χ2v) is 5.53. The van der Waals surface area contributed by atoms with Gasteiger partial charge in [-0.25, -0.2) is 0 Å². The maximum atomic E-state index is 12.1. The van der Waals surface area contributed by atoms with Gasteiger partial charge in [0.1, 0.15) is 5.75 Å². The SMILES string of the molecule is COc1ccc(C(C)C)cc1NC(=O)C1CC(N)C1. The molecule has 0 aromatic heterocycles. The summed E-state index contributed by atoms with van der Waals surface area (Å²) in [6.45, 7) is 4.25. The van der Waals surface area contributed by atoms with Crippen LogP contribution in [0.5, 0.6) is 5.75 Å². The van der Waals surface area contributed by atoms with E-state index in [1.165, 1.54) is 5.56 Å². The van der Waals surface area contributed by atoms with Crippen LogP contribution in [-0.4, -0.2) is 19.1 Å². The molecule has 0 atom stereocenters. The summed E-state index contributed by atoms with van der Waals surface area (Å²) in [6, 6.07) is 6.09. The van der Waals surface area contributed by atoms with E-state index < -0.39 is 0 Å². The molecule has 0 spiro atoms. The van der Waals surface area contributed by atoms with Crippen molar-refractivity contribution in [3.8, 4) is 5.75 Å². The molecule has 2 rings (SSSR count). The molecule has 0 aliphatic heterocycles. The minimum Gasteiger partial charge on any atom is -0.495 e. The molecule has 1 aromatic rings. The van der Waals surface area contributed by atoms with E-state index in [-0.39, 0.29) is 17.9 Å². The van der Waals surface area contributed by atoms with Gasteiger partial charge in [0, 0.05) is 12.0 Å². The Hall–Kier alpha value is -1.55. The van der Waals surface area contributed by atoms with Crippen molar-refractivity contribution in [2.45, 2.75) is 38.6 Å². The standard InChI is InChI=1S/C15H22N2O2/c1-9(2)10-4-5-14(19-3)13(8-10)17-15(18)11-6-12(16)7-11/h4-5,8-9,11-12H,6-7,16H2,1-3H3,(H,17,18). The molecule has 1 saturated carbocycles. The van der Waals surface area contributed by atoms with E-state index in [0.717, 1.165) is 18.5 Å². The molecule has 1 fully saturated rings. The molecule has 4 nitrogen and oxygen atoms in total. The van der Waals surface area contributed by atoms with Crippen LogP contribution in [0.3, 0.4) is 0 Å². The van der Waals surface area contributed by atoms with Gasteiger partial charge in [-0.15, -0.1) is 0 Å². The van der Waals surface area contributed by atoms with Crippen LogP contribution in [0, 0.1) is 5.92 Å². The first-order valence-electron chi connectivity index (χ1n) is 6.75. The number of nitrogens with one attached hydrogen (secondary N) is 1. The molecule has 0 heterocycles. The molecule has 104 valence electrons. The summed E-state index contributed by atoms with van der Waals surface area (Å²) in [5, 5.41) is 2.96. The van der Waals surface area contributed by atoms with Crippen LogP contribution in [0.2, 0.25) is 0 Å². The molecule has 19 heavy (non-hydrogen) atoms. The quantitative estimate of drug-likeness (QED) is 0.876. The van der Waals surface area contributed by atoms with Gasteiger partial charge in [-0.2, -0.15) is 0 Å². The first-order chi connectivity index (χ1) is 9.01. The van der Waals surface area contributed by atoms with Gasteiger partial charge in [0.05, 0.1) is 12.8 Å². The van der Waals surface area contributed by atoms with Crippen LogP contribution >= 0.6 is 0 Å². The van der Waals surface area contributed by atoms with Crippen LogP contribution in [0.1, 0.15) is 38.2 Å². The van der Waals surface area contributed by atoms with Gasteiger partial charge in [0.25, 0.3) is 0 Å². The lowest BCUT2D eigenvalue weighted by Gasteiger charge is -2.31. The van der Waals surface area contributed by atoms with Gasteiger partial charge in [0.2, 0.25) is 5.91 Å². The fourth-order valence-corrected chi connectivity index (χ4v) is 2.29. The molecule has 4 heteroatoms. The van der Waals surface area contributed by atoms with E-state index >= 15 is 0 Å². The third-order valence-corrected chi connectivity index (χ3v) is 3.69. The summed E-state index contributed by atoms with van der Waals surface area (Å²) >= 11 is 0. The Labute approximate surface area is 114 Å². The van der Waals surface area contributed by atoms with E-state index in [9.17, 15) is 4.79 Å². The fourth-order valence-electron chi connectivity index (χ4n) is 2.29. The van der Waals surface area contributed by atoms with Crippen LogP contribution in [-0.2, 0) is 4.79 Å². The number of rotatable bonds is 4. The Balaban J connectivity index is 2.13. The first-order valence-corrected chi connectivity index (χ1v) is 6.75. The molecule has 1 amide bonds. The van der Waals surface area contributed by atoms with Gasteiger partial charge in [0.15, 0.2) is 0 Å². The minimum absolute atomic E-state index is 0.0425. The lowest BCUT2D eigenvalue weighted by molar-refractivity contribution is -0.122. The number of hydrogen-bond donors (Lipinski definition) is 2. The Kier molecular flexibility index (Phi) is 4.10. The Morgan fingerprint density at radius 3 is 2.63 bits per heavy atom. The smallest absolute Gasteiger partial charge is 0.227 e. The van der Waals surface area contributed by atoms with Gasteiger partial charge >= 0.3 is 0 Å². The number of benzene rings is 1. The van der Waals surface area contributed by atoms with E-state index in [0.29, 0.717) is 11.7 Å². The summed E-state index contributed by atoms with van der Waals surface area (Å²) in [7, 11) is 1.61. The predicted octanol–water partition coefficient (Wildman–Crippen LogP) is 2.49. The summed E-state index contributed by atoms with van der Waals surface area (Å²) in [5.74, 6) is 1.20. The highest BCUT2D eigenvalue weighted by atomic mass is 16.5. The fraction of sp³-hybridized carbons (Fsp3) is 0.533. The lowest BCUT2D eigenvalue weighted by atomic mass is 9.80. The van der Waals surface area contributed by atoms with Crippen molar-refractivity contribution in [3.05, 3.63) is 23.8 Å². The largest absolute Gasteiger partial charge is 0.495 e. The van der Waals surface area contributed by atoms with Crippen molar-refractivity contribution in [1.82, 2.24) is 0 Å². The molecular formula is C15H22N2O2. The Morgan fingerprint density at radius 2 is 2.11 bits per heavy atom. The summed E-state index contributed by atoms with van der Waals surface area (Å²) in [6.07, 6.45) is 1.55. The topological polar surface area (TPSA) is 64.3 Å². The van der Waals surface area contributed by atoms with Gasteiger partial charge in [-0.05, 0) is 36.5 Å². The molecule has 1 aliphatic rings. The maximum absolute atomic E-state index is 12.1. The molecule has 1 aliphatic carbocycles. The number of ether oxygens (including phenoxy) is 1. The second-order valence-electron chi connectivity index (χ2n) is 5.53. The first kappa shape index (κ1) is 13.9. The third kappa shape index (κ3) is 3.07. The van der Waals surface area contributed by atoms with Crippen molar-refractivity contribution < 1.29 is 9.53 Å². The van der Waals surface area contributed by atoms with Gasteiger partial charge in [-0.1, -0.05) is 19.9 Å². The summed E-state index contributed by atoms with van der Waals surface area (Å²) in [5.41, 5.74) is 7.65. The minimum atomic E-state index is 0.0425. The van der Waals surface area contributed by atoms with Gasteiger partial charge in [-0.3, -0.25) is 4.79 Å². The van der Waals surface area contributed by atoms with E-state index in [2.05, 4.69) is 19.2 Å². The number of hydrogen-bond acceptors (Lipinski definition) is 3. The normalized spacial score (nSPS) is 21.9. The average molecular weight is 262 g/mol. The third-order valence-electron chi connectivity index (χ3n) is 3.69. The number of nitrogens with two attached hydrogens (primary N) is 1. The molecule has 0 radical (unpaired) electrons.